The molecular formula is C11H23NO2. The molecule has 0 saturated heterocycles. The Hall–Kier alpha value is -0.570. The minimum absolute atomic E-state index is 0.104. The first kappa shape index (κ1) is 13.4. The van der Waals surface area contributed by atoms with E-state index in [0.717, 1.165) is 19.3 Å². The zero-order valence-electron chi connectivity index (χ0n) is 9.85. The molecule has 0 unspecified atom stereocenters. The van der Waals surface area contributed by atoms with Crippen molar-refractivity contribution < 1.29 is 9.53 Å². The van der Waals surface area contributed by atoms with Crippen LogP contribution in [0.25, 0.3) is 0 Å². The molecule has 0 fully saturated rings. The molecule has 1 N–H and O–H groups in total. The third-order valence-electron chi connectivity index (χ3n) is 2.94. The second kappa shape index (κ2) is 6.82. The Morgan fingerprint density at radius 3 is 2.00 bits per heavy atom. The van der Waals surface area contributed by atoms with Crippen molar-refractivity contribution in [2.75, 3.05) is 13.2 Å². The summed E-state index contributed by atoms with van der Waals surface area (Å²) in [5.74, 6) is -0.160. The zero-order chi connectivity index (χ0) is 11.0. The first-order chi connectivity index (χ1) is 6.64. The molecular weight excluding hydrogens is 178 g/mol. The van der Waals surface area contributed by atoms with Crippen LogP contribution in [0.3, 0.4) is 0 Å². The summed E-state index contributed by atoms with van der Waals surface area (Å²) in [6.45, 7) is 9.04. The molecule has 0 bridgehead atoms. The van der Waals surface area contributed by atoms with E-state index in [1.807, 2.05) is 6.92 Å². The highest BCUT2D eigenvalue weighted by atomic mass is 16.5. The smallest absolute Gasteiger partial charge is 0.319 e. The maximum absolute atomic E-state index is 11.2. The Labute approximate surface area is 87.2 Å². The summed E-state index contributed by atoms with van der Waals surface area (Å²) in [5.41, 5.74) is 0.104. The minimum Gasteiger partial charge on any atom is -0.465 e. The molecule has 0 aromatic heterocycles. The lowest BCUT2D eigenvalue weighted by molar-refractivity contribution is -0.142. The van der Waals surface area contributed by atoms with E-state index in [9.17, 15) is 4.79 Å². The van der Waals surface area contributed by atoms with Crippen LogP contribution in [0, 0.1) is 0 Å². The molecule has 0 aromatic rings. The average molecular weight is 201 g/mol. The van der Waals surface area contributed by atoms with Crippen LogP contribution in [0.4, 0.5) is 0 Å². The highest BCUT2D eigenvalue weighted by molar-refractivity contribution is 5.71. The largest absolute Gasteiger partial charge is 0.465 e. The van der Waals surface area contributed by atoms with Crippen LogP contribution >= 0.6 is 0 Å². The number of nitrogens with one attached hydrogen (secondary N) is 1. The number of ether oxygens (including phenoxy) is 1. The predicted molar refractivity (Wildman–Crippen MR) is 58.2 cm³/mol. The van der Waals surface area contributed by atoms with E-state index >= 15 is 0 Å². The fourth-order valence-corrected chi connectivity index (χ4v) is 1.60. The van der Waals surface area contributed by atoms with Gasteiger partial charge in [-0.05, 0) is 26.2 Å². The molecule has 0 amide bonds. The fourth-order valence-electron chi connectivity index (χ4n) is 1.60. The molecule has 0 atom stereocenters. The van der Waals surface area contributed by atoms with Crippen molar-refractivity contribution in [3.63, 3.8) is 0 Å². The molecule has 0 aliphatic heterocycles. The van der Waals surface area contributed by atoms with Crippen LogP contribution in [0.15, 0.2) is 0 Å². The van der Waals surface area contributed by atoms with E-state index in [0.29, 0.717) is 13.2 Å². The lowest BCUT2D eigenvalue weighted by atomic mass is 9.90. The third-order valence-corrected chi connectivity index (χ3v) is 2.94. The van der Waals surface area contributed by atoms with Gasteiger partial charge in [0.15, 0.2) is 0 Å². The summed E-state index contributed by atoms with van der Waals surface area (Å²) in [7, 11) is 0. The molecule has 0 aliphatic rings. The first-order valence-electron chi connectivity index (χ1n) is 5.54. The van der Waals surface area contributed by atoms with Gasteiger partial charge in [-0.2, -0.15) is 0 Å². The van der Waals surface area contributed by atoms with Crippen LogP contribution in [0.5, 0.6) is 0 Å². The predicted octanol–water partition coefficient (Wildman–Crippen LogP) is 2.11. The Morgan fingerprint density at radius 2 is 1.64 bits per heavy atom. The Kier molecular flexibility index (Phi) is 6.54. The molecule has 0 aliphatic carbocycles. The molecule has 0 heterocycles. The normalized spacial score (nSPS) is 11.4. The molecule has 3 nitrogen and oxygen atoms in total. The topological polar surface area (TPSA) is 38.3 Å². The Morgan fingerprint density at radius 1 is 1.14 bits per heavy atom. The molecule has 0 aromatic carbocycles. The van der Waals surface area contributed by atoms with Crippen LogP contribution in [-0.2, 0) is 9.53 Å². The molecule has 3 heteroatoms. The van der Waals surface area contributed by atoms with Gasteiger partial charge in [0, 0.05) is 5.54 Å². The second-order valence-corrected chi connectivity index (χ2v) is 3.50. The van der Waals surface area contributed by atoms with Crippen molar-refractivity contribution in [2.24, 2.45) is 0 Å². The van der Waals surface area contributed by atoms with Gasteiger partial charge in [-0.25, -0.2) is 0 Å². The summed E-state index contributed by atoms with van der Waals surface area (Å²) in [6, 6.07) is 0. The van der Waals surface area contributed by atoms with Gasteiger partial charge in [-0.15, -0.1) is 0 Å². The SMILES string of the molecule is CCOC(=O)CNC(CC)(CC)CC. The summed E-state index contributed by atoms with van der Waals surface area (Å²) in [5, 5.41) is 3.29. The van der Waals surface area contributed by atoms with Crippen molar-refractivity contribution in [2.45, 2.75) is 52.5 Å². The number of carbonyl (C=O) groups excluding carboxylic acids is 1. The van der Waals surface area contributed by atoms with Gasteiger partial charge in [0.25, 0.3) is 0 Å². The highest BCUT2D eigenvalue weighted by Crippen LogP contribution is 2.18. The number of esters is 1. The van der Waals surface area contributed by atoms with Crippen LogP contribution in [-0.4, -0.2) is 24.7 Å². The number of carbonyl (C=O) groups is 1. The van der Waals surface area contributed by atoms with Crippen molar-refractivity contribution >= 4 is 5.97 Å². The number of rotatable bonds is 7. The molecule has 0 saturated carbocycles. The van der Waals surface area contributed by atoms with E-state index in [4.69, 9.17) is 4.74 Å². The Balaban J connectivity index is 3.99. The maximum Gasteiger partial charge on any atom is 0.319 e. The molecule has 0 radical (unpaired) electrons. The summed E-state index contributed by atoms with van der Waals surface area (Å²) >= 11 is 0. The highest BCUT2D eigenvalue weighted by Gasteiger charge is 2.23. The average Bonchev–Trinajstić information content (AvgIpc) is 2.21. The Bertz CT molecular complexity index is 156. The van der Waals surface area contributed by atoms with E-state index < -0.39 is 0 Å². The number of hydrogen-bond acceptors (Lipinski definition) is 3. The van der Waals surface area contributed by atoms with Crippen molar-refractivity contribution in [3.8, 4) is 0 Å². The fraction of sp³-hybridized carbons (Fsp3) is 0.909. The summed E-state index contributed by atoms with van der Waals surface area (Å²) in [4.78, 5) is 11.2. The second-order valence-electron chi connectivity index (χ2n) is 3.50. The third kappa shape index (κ3) is 4.09. The van der Waals surface area contributed by atoms with Gasteiger partial charge in [-0.1, -0.05) is 20.8 Å². The van der Waals surface area contributed by atoms with Gasteiger partial charge in [-0.3, -0.25) is 4.79 Å². The summed E-state index contributed by atoms with van der Waals surface area (Å²) in [6.07, 6.45) is 3.12. The molecule has 14 heavy (non-hydrogen) atoms. The van der Waals surface area contributed by atoms with E-state index in [1.54, 1.807) is 0 Å². The standard InChI is InChI=1S/C11H23NO2/c1-5-11(6-2,7-3)12-9-10(13)14-8-4/h12H,5-9H2,1-4H3. The van der Waals surface area contributed by atoms with E-state index in [2.05, 4.69) is 26.1 Å². The van der Waals surface area contributed by atoms with Gasteiger partial charge in [0.1, 0.15) is 0 Å². The van der Waals surface area contributed by atoms with Crippen LogP contribution in [0.2, 0.25) is 0 Å². The molecule has 0 spiro atoms. The van der Waals surface area contributed by atoms with Gasteiger partial charge in [0.05, 0.1) is 13.2 Å². The van der Waals surface area contributed by atoms with E-state index in [-0.39, 0.29) is 11.5 Å². The van der Waals surface area contributed by atoms with Gasteiger partial charge in [0.2, 0.25) is 0 Å². The first-order valence-corrected chi connectivity index (χ1v) is 5.54. The van der Waals surface area contributed by atoms with Crippen molar-refractivity contribution in [3.05, 3.63) is 0 Å². The monoisotopic (exact) mass is 201 g/mol. The van der Waals surface area contributed by atoms with Crippen molar-refractivity contribution in [1.82, 2.24) is 5.32 Å². The molecule has 84 valence electrons. The van der Waals surface area contributed by atoms with Crippen molar-refractivity contribution in [1.29, 1.82) is 0 Å². The minimum atomic E-state index is -0.160. The van der Waals surface area contributed by atoms with E-state index in [1.165, 1.54) is 0 Å². The lowest BCUT2D eigenvalue weighted by Gasteiger charge is -2.31. The maximum atomic E-state index is 11.2. The van der Waals surface area contributed by atoms with Gasteiger partial charge < -0.3 is 10.1 Å². The van der Waals surface area contributed by atoms with Gasteiger partial charge >= 0.3 is 5.97 Å². The zero-order valence-corrected chi connectivity index (χ0v) is 9.85. The lowest BCUT2D eigenvalue weighted by Crippen LogP contribution is -2.46. The van der Waals surface area contributed by atoms with Crippen LogP contribution in [0.1, 0.15) is 47.0 Å². The number of hydrogen-bond donors (Lipinski definition) is 1. The quantitative estimate of drug-likeness (QED) is 0.641. The van der Waals surface area contributed by atoms with Crippen LogP contribution < -0.4 is 5.32 Å². The summed E-state index contributed by atoms with van der Waals surface area (Å²) < 4.78 is 4.87. The molecule has 0 rings (SSSR count).